The van der Waals surface area contributed by atoms with E-state index in [0.717, 1.165) is 105 Å². The Bertz CT molecular complexity index is 3510. The van der Waals surface area contributed by atoms with Gasteiger partial charge in [0.05, 0.1) is 5.69 Å². The summed E-state index contributed by atoms with van der Waals surface area (Å²) >= 11 is 0. The Hall–Kier alpha value is -9.38. The lowest BCUT2D eigenvalue weighted by molar-refractivity contribution is 1.07. The average Bonchev–Trinajstić information content (AvgIpc) is 3.45. The van der Waals surface area contributed by atoms with Gasteiger partial charge in [-0.2, -0.15) is 0 Å². The van der Waals surface area contributed by atoms with E-state index in [-0.39, 0.29) is 0 Å². The maximum atomic E-state index is 5.31. The molecule has 0 fully saturated rings. The maximum absolute atomic E-state index is 5.31. The zero-order chi connectivity index (χ0) is 46.6. The molecule has 12 rings (SSSR count). The van der Waals surface area contributed by atoms with Gasteiger partial charge in [0.25, 0.3) is 0 Å². The van der Waals surface area contributed by atoms with Crippen LogP contribution in [0, 0.1) is 0 Å². The van der Waals surface area contributed by atoms with Gasteiger partial charge in [-0.25, -0.2) is 15.0 Å². The molecule has 4 heteroatoms. The van der Waals surface area contributed by atoms with Gasteiger partial charge in [0, 0.05) is 33.8 Å². The Morgan fingerprint density at radius 1 is 0.186 bits per heavy atom. The summed E-state index contributed by atoms with van der Waals surface area (Å²) in [5, 5.41) is 2.24. The van der Waals surface area contributed by atoms with Crippen LogP contribution in [0.5, 0.6) is 0 Å². The van der Waals surface area contributed by atoms with Crippen molar-refractivity contribution in [3.8, 4) is 112 Å². The Morgan fingerprint density at radius 3 is 0.843 bits per heavy atom. The highest BCUT2D eigenvalue weighted by Gasteiger charge is 2.17. The van der Waals surface area contributed by atoms with E-state index in [1.165, 1.54) is 0 Å². The molecule has 70 heavy (non-hydrogen) atoms. The molecule has 0 saturated carbocycles. The lowest BCUT2D eigenvalue weighted by Crippen LogP contribution is -2.00. The van der Waals surface area contributed by atoms with Gasteiger partial charge in [-0.15, -0.1) is 0 Å². The summed E-state index contributed by atoms with van der Waals surface area (Å²) in [5.74, 6) is 1.75. The van der Waals surface area contributed by atoms with Crippen LogP contribution in [0.25, 0.3) is 123 Å². The highest BCUT2D eigenvalue weighted by Crippen LogP contribution is 2.37. The summed E-state index contributed by atoms with van der Waals surface area (Å²) in [5.41, 5.74) is 18.1. The summed E-state index contributed by atoms with van der Waals surface area (Å²) in [6.45, 7) is 0. The second-order valence-corrected chi connectivity index (χ2v) is 17.5. The van der Waals surface area contributed by atoms with Crippen LogP contribution in [0.3, 0.4) is 0 Å². The SMILES string of the molecule is c1ccc(-c2cc(-c3ccccc3)cc(-c3cccc(-c4nc(-c5cccc(-c6cc(-c7ccccc7)cc(-c7ccccc7)c6)c5)nc(-c5cccc(-c6cc7ccccc7cn6)c5)n4)c3)c2)cc1. The second kappa shape index (κ2) is 18.7. The van der Waals surface area contributed by atoms with Crippen LogP contribution >= 0.6 is 0 Å². The number of hydrogen-bond acceptors (Lipinski definition) is 4. The van der Waals surface area contributed by atoms with Crippen LogP contribution in [0.15, 0.2) is 267 Å². The van der Waals surface area contributed by atoms with Gasteiger partial charge in [0.2, 0.25) is 0 Å². The fourth-order valence-corrected chi connectivity index (χ4v) is 9.28. The normalized spacial score (nSPS) is 11.1. The molecule has 2 aromatic heterocycles. The van der Waals surface area contributed by atoms with E-state index < -0.39 is 0 Å². The van der Waals surface area contributed by atoms with E-state index in [4.69, 9.17) is 19.9 Å². The molecule has 0 aliphatic rings. The molecular formula is C66H44N4. The van der Waals surface area contributed by atoms with Crippen molar-refractivity contribution in [1.82, 2.24) is 19.9 Å². The van der Waals surface area contributed by atoms with E-state index in [9.17, 15) is 0 Å². The van der Waals surface area contributed by atoms with Crippen LogP contribution in [-0.2, 0) is 0 Å². The van der Waals surface area contributed by atoms with Crippen LogP contribution in [-0.4, -0.2) is 19.9 Å². The Morgan fingerprint density at radius 2 is 0.457 bits per heavy atom. The maximum Gasteiger partial charge on any atom is 0.164 e. The predicted octanol–water partition coefficient (Wildman–Crippen LogP) is 17.1. The van der Waals surface area contributed by atoms with Gasteiger partial charge in [0.15, 0.2) is 17.5 Å². The molecule has 10 aromatic carbocycles. The zero-order valence-corrected chi connectivity index (χ0v) is 38.2. The van der Waals surface area contributed by atoms with Crippen LogP contribution in [0.4, 0.5) is 0 Å². The Balaban J connectivity index is 1.00. The van der Waals surface area contributed by atoms with Crippen LogP contribution < -0.4 is 0 Å². The lowest BCUT2D eigenvalue weighted by Gasteiger charge is -2.14. The molecule has 0 N–H and O–H groups in total. The van der Waals surface area contributed by atoms with Crippen molar-refractivity contribution in [2.45, 2.75) is 0 Å². The third kappa shape index (κ3) is 8.81. The van der Waals surface area contributed by atoms with Gasteiger partial charge in [0.1, 0.15) is 0 Å². The smallest absolute Gasteiger partial charge is 0.164 e. The van der Waals surface area contributed by atoms with Crippen molar-refractivity contribution in [2.75, 3.05) is 0 Å². The van der Waals surface area contributed by atoms with Crippen molar-refractivity contribution in [1.29, 1.82) is 0 Å². The van der Waals surface area contributed by atoms with Gasteiger partial charge >= 0.3 is 0 Å². The summed E-state index contributed by atoms with van der Waals surface area (Å²) in [7, 11) is 0. The van der Waals surface area contributed by atoms with Gasteiger partial charge in [-0.05, 0) is 133 Å². The standard InChI is InChI=1S/C66H44N4/c1-5-18-45(19-6-1)57-37-58(46-20-7-2-8-21-46)40-61(39-57)49-28-15-31-53(34-49)64-68-65(70-66(69-64)55-33-17-30-52(36-55)63-43-51-26-13-14-27-56(51)44-67-63)54-32-16-29-50(35-54)62-41-59(47-22-9-3-10-23-47)38-60(42-62)48-24-11-4-12-25-48/h1-44H. The van der Waals surface area contributed by atoms with Crippen molar-refractivity contribution in [3.63, 3.8) is 0 Å². The molecule has 0 radical (unpaired) electrons. The van der Waals surface area contributed by atoms with E-state index >= 15 is 0 Å². The number of fused-ring (bicyclic) bond motifs is 1. The molecule has 328 valence electrons. The summed E-state index contributed by atoms with van der Waals surface area (Å²) in [6.07, 6.45) is 1.94. The molecule has 0 bridgehead atoms. The lowest BCUT2D eigenvalue weighted by atomic mass is 9.92. The minimum Gasteiger partial charge on any atom is -0.256 e. The molecular weight excluding hydrogens is 849 g/mol. The van der Waals surface area contributed by atoms with Gasteiger partial charge < -0.3 is 0 Å². The third-order valence-electron chi connectivity index (χ3n) is 12.9. The highest BCUT2D eigenvalue weighted by molar-refractivity contribution is 5.87. The van der Waals surface area contributed by atoms with Crippen LogP contribution in [0.1, 0.15) is 0 Å². The Labute approximate surface area is 408 Å². The van der Waals surface area contributed by atoms with E-state index in [0.29, 0.717) is 17.5 Å². The fraction of sp³-hybridized carbons (Fsp3) is 0. The zero-order valence-electron chi connectivity index (χ0n) is 38.2. The molecule has 0 atom stereocenters. The summed E-state index contributed by atoms with van der Waals surface area (Å²) in [6, 6.07) is 91.9. The topological polar surface area (TPSA) is 51.6 Å². The van der Waals surface area contributed by atoms with Gasteiger partial charge in [-0.1, -0.05) is 200 Å². The molecule has 0 saturated heterocycles. The molecule has 0 spiro atoms. The molecule has 0 aliphatic heterocycles. The molecule has 4 nitrogen and oxygen atoms in total. The van der Waals surface area contributed by atoms with E-state index in [1.54, 1.807) is 0 Å². The first kappa shape index (κ1) is 42.0. The number of hydrogen-bond donors (Lipinski definition) is 0. The van der Waals surface area contributed by atoms with Crippen LogP contribution in [0.2, 0.25) is 0 Å². The number of benzene rings is 10. The minimum absolute atomic E-state index is 0.577. The summed E-state index contributed by atoms with van der Waals surface area (Å²) < 4.78 is 0. The van der Waals surface area contributed by atoms with Crippen molar-refractivity contribution < 1.29 is 0 Å². The number of pyridine rings is 1. The summed E-state index contributed by atoms with van der Waals surface area (Å²) in [4.78, 5) is 20.7. The molecule has 12 aromatic rings. The van der Waals surface area contributed by atoms with Gasteiger partial charge in [-0.3, -0.25) is 4.98 Å². The molecule has 0 amide bonds. The van der Waals surface area contributed by atoms with Crippen molar-refractivity contribution >= 4 is 10.8 Å². The quantitative estimate of drug-likeness (QED) is 0.137. The monoisotopic (exact) mass is 892 g/mol. The van der Waals surface area contributed by atoms with E-state index in [1.807, 2.05) is 12.3 Å². The minimum atomic E-state index is 0.577. The number of aromatic nitrogens is 4. The molecule has 2 heterocycles. The van der Waals surface area contributed by atoms with E-state index in [2.05, 4.69) is 255 Å². The van der Waals surface area contributed by atoms with Crippen molar-refractivity contribution in [3.05, 3.63) is 267 Å². The average molecular weight is 893 g/mol. The van der Waals surface area contributed by atoms with Crippen molar-refractivity contribution in [2.24, 2.45) is 0 Å². The third-order valence-corrected chi connectivity index (χ3v) is 12.9. The second-order valence-electron chi connectivity index (χ2n) is 17.5. The Kier molecular flexibility index (Phi) is 11.2. The highest BCUT2D eigenvalue weighted by atomic mass is 15.0. The molecule has 0 aliphatic carbocycles. The first-order chi connectivity index (χ1) is 34.6. The number of nitrogens with zero attached hydrogens (tertiary/aromatic N) is 4. The first-order valence-corrected chi connectivity index (χ1v) is 23.6. The largest absolute Gasteiger partial charge is 0.256 e. The number of rotatable bonds is 10. The fourth-order valence-electron chi connectivity index (χ4n) is 9.28. The predicted molar refractivity (Wildman–Crippen MR) is 289 cm³/mol. The first-order valence-electron chi connectivity index (χ1n) is 23.6. The molecule has 0 unspecified atom stereocenters.